The Morgan fingerprint density at radius 2 is 2.19 bits per heavy atom. The number of ether oxygens (including phenoxy) is 2. The maximum absolute atomic E-state index is 13.0. The highest BCUT2D eigenvalue weighted by Gasteiger charge is 2.37. The number of nitrogens with zero attached hydrogens (tertiary/aromatic N) is 3. The molecule has 0 aliphatic carbocycles. The Morgan fingerprint density at radius 1 is 1.33 bits per heavy atom. The highest BCUT2D eigenvalue weighted by Crippen LogP contribution is 2.34. The molecule has 2 amide bonds. The predicted molar refractivity (Wildman–Crippen MR) is 99.2 cm³/mol. The number of hydrogen-bond acceptors (Lipinski definition) is 5. The van der Waals surface area contributed by atoms with E-state index in [1.807, 2.05) is 12.1 Å². The van der Waals surface area contributed by atoms with Crippen molar-refractivity contribution in [3.8, 4) is 5.75 Å². The molecule has 140 valence electrons. The number of fused-ring (bicyclic) bond motifs is 3. The van der Waals surface area contributed by atoms with E-state index in [2.05, 4.69) is 4.98 Å². The van der Waals surface area contributed by atoms with E-state index in [0.29, 0.717) is 37.4 Å². The van der Waals surface area contributed by atoms with Crippen LogP contribution in [0.1, 0.15) is 22.3 Å². The number of methoxy groups -OCH3 is 1. The Balaban J connectivity index is 1.72. The van der Waals surface area contributed by atoms with Gasteiger partial charge < -0.3 is 14.4 Å². The predicted octanol–water partition coefficient (Wildman–Crippen LogP) is 3.11. The van der Waals surface area contributed by atoms with Gasteiger partial charge in [-0.1, -0.05) is 11.6 Å². The molecule has 1 aromatic carbocycles. The summed E-state index contributed by atoms with van der Waals surface area (Å²) < 4.78 is 10.6. The fourth-order valence-corrected chi connectivity index (χ4v) is 3.67. The zero-order valence-corrected chi connectivity index (χ0v) is 15.5. The Morgan fingerprint density at radius 3 is 2.96 bits per heavy atom. The molecule has 0 saturated carbocycles. The van der Waals surface area contributed by atoms with Gasteiger partial charge >= 0.3 is 6.09 Å². The van der Waals surface area contributed by atoms with Crippen LogP contribution >= 0.6 is 11.6 Å². The van der Waals surface area contributed by atoms with Gasteiger partial charge in [0.05, 0.1) is 18.8 Å². The Labute approximate surface area is 161 Å². The molecule has 3 heterocycles. The van der Waals surface area contributed by atoms with Crippen LogP contribution in [-0.4, -0.2) is 48.2 Å². The van der Waals surface area contributed by atoms with Gasteiger partial charge in [0.2, 0.25) is 0 Å². The molecule has 2 aliphatic heterocycles. The molecule has 2 aromatic rings. The second-order valence-corrected chi connectivity index (χ2v) is 6.87. The summed E-state index contributed by atoms with van der Waals surface area (Å²) in [5, 5.41) is 0.274. The fraction of sp³-hybridized carbons (Fsp3) is 0.316. The number of hydrogen-bond donors (Lipinski definition) is 0. The molecule has 7 nitrogen and oxygen atoms in total. The molecule has 0 unspecified atom stereocenters. The van der Waals surface area contributed by atoms with Crippen molar-refractivity contribution in [1.29, 1.82) is 0 Å². The molecule has 4 rings (SSSR count). The third kappa shape index (κ3) is 3.30. The normalized spacial score (nSPS) is 18.9. The molecule has 27 heavy (non-hydrogen) atoms. The molecule has 0 radical (unpaired) electrons. The molecule has 2 aliphatic rings. The van der Waals surface area contributed by atoms with Crippen molar-refractivity contribution in [3.05, 3.63) is 52.8 Å². The first-order valence-corrected chi connectivity index (χ1v) is 8.98. The lowest BCUT2D eigenvalue weighted by Crippen LogP contribution is -2.42. The number of cyclic esters (lactones) is 1. The minimum absolute atomic E-state index is 0.110. The van der Waals surface area contributed by atoms with Gasteiger partial charge in [0.15, 0.2) is 0 Å². The molecule has 1 atom stereocenters. The lowest BCUT2D eigenvalue weighted by molar-refractivity contribution is 0.0734. The average molecular weight is 388 g/mol. The van der Waals surface area contributed by atoms with Crippen molar-refractivity contribution in [2.45, 2.75) is 19.0 Å². The second kappa shape index (κ2) is 7.08. The van der Waals surface area contributed by atoms with Gasteiger partial charge in [-0.3, -0.25) is 9.69 Å². The molecular formula is C19H18ClN3O4. The van der Waals surface area contributed by atoms with Gasteiger partial charge in [-0.2, -0.15) is 0 Å². The molecule has 1 saturated heterocycles. The maximum Gasteiger partial charge on any atom is 0.414 e. The van der Waals surface area contributed by atoms with Crippen molar-refractivity contribution >= 4 is 29.3 Å². The van der Waals surface area contributed by atoms with Crippen LogP contribution in [-0.2, 0) is 11.3 Å². The number of amides is 2. The Bertz CT molecular complexity index is 904. The smallest absolute Gasteiger partial charge is 0.414 e. The van der Waals surface area contributed by atoms with Crippen LogP contribution in [0.4, 0.5) is 10.5 Å². The van der Waals surface area contributed by atoms with E-state index in [9.17, 15) is 9.59 Å². The number of pyridine rings is 1. The van der Waals surface area contributed by atoms with Gasteiger partial charge in [-0.05, 0) is 42.3 Å². The lowest BCUT2D eigenvalue weighted by Gasteiger charge is -2.32. The van der Waals surface area contributed by atoms with Gasteiger partial charge in [0.25, 0.3) is 5.91 Å². The van der Waals surface area contributed by atoms with Crippen LogP contribution in [0.15, 0.2) is 36.5 Å². The summed E-state index contributed by atoms with van der Waals surface area (Å²) in [5.41, 5.74) is 2.05. The standard InChI is InChI=1S/C19H18ClN3O4/c1-26-15-2-3-16-13(8-15)10-22(7-5-14-11-27-19(25)23(14)16)18(24)12-4-6-21-17(20)9-12/h2-4,6,8-9,14H,5,7,10-11H2,1H3/t14-/m0/s1. The lowest BCUT2D eigenvalue weighted by atomic mass is 10.0. The van der Waals surface area contributed by atoms with Crippen LogP contribution in [0, 0.1) is 0 Å². The first-order valence-electron chi connectivity index (χ1n) is 8.60. The average Bonchev–Trinajstić information content (AvgIpc) is 3.02. The number of carbonyl (C=O) groups excluding carboxylic acids is 2. The number of carbonyl (C=O) groups is 2. The van der Waals surface area contributed by atoms with E-state index >= 15 is 0 Å². The minimum atomic E-state index is -0.355. The summed E-state index contributed by atoms with van der Waals surface area (Å²) in [5.74, 6) is 0.532. The maximum atomic E-state index is 13.0. The van der Waals surface area contributed by atoms with Crippen LogP contribution in [0.25, 0.3) is 0 Å². The number of anilines is 1. The summed E-state index contributed by atoms with van der Waals surface area (Å²) in [6.45, 7) is 1.16. The topological polar surface area (TPSA) is 72.0 Å². The van der Waals surface area contributed by atoms with E-state index in [-0.39, 0.29) is 23.2 Å². The number of benzene rings is 1. The minimum Gasteiger partial charge on any atom is -0.497 e. The first kappa shape index (κ1) is 17.6. The molecular weight excluding hydrogens is 370 g/mol. The van der Waals surface area contributed by atoms with Gasteiger partial charge in [-0.25, -0.2) is 9.78 Å². The third-order valence-electron chi connectivity index (χ3n) is 4.86. The fourth-order valence-electron chi connectivity index (χ4n) is 3.50. The number of aromatic nitrogens is 1. The summed E-state index contributed by atoms with van der Waals surface area (Å²) in [6.07, 6.45) is 1.79. The van der Waals surface area contributed by atoms with Crippen LogP contribution in [0.3, 0.4) is 0 Å². The van der Waals surface area contributed by atoms with Crippen LogP contribution in [0.2, 0.25) is 5.15 Å². The van der Waals surface area contributed by atoms with Crippen molar-refractivity contribution in [2.24, 2.45) is 0 Å². The number of halogens is 1. The second-order valence-electron chi connectivity index (χ2n) is 6.48. The van der Waals surface area contributed by atoms with Crippen molar-refractivity contribution in [3.63, 3.8) is 0 Å². The van der Waals surface area contributed by atoms with E-state index in [1.165, 1.54) is 6.20 Å². The summed E-state index contributed by atoms with van der Waals surface area (Å²) >= 11 is 5.94. The molecule has 0 bridgehead atoms. The summed E-state index contributed by atoms with van der Waals surface area (Å²) in [7, 11) is 1.58. The number of rotatable bonds is 2. The SMILES string of the molecule is COc1ccc2c(c1)CN(C(=O)c1ccnc(Cl)c1)CC[C@H]1COC(=O)N21. The Hall–Kier alpha value is -2.80. The first-order chi connectivity index (χ1) is 13.1. The van der Waals surface area contributed by atoms with Crippen molar-refractivity contribution in [1.82, 2.24) is 9.88 Å². The van der Waals surface area contributed by atoms with Gasteiger partial charge in [-0.15, -0.1) is 0 Å². The van der Waals surface area contributed by atoms with E-state index in [0.717, 1.165) is 11.3 Å². The quantitative estimate of drug-likeness (QED) is 0.740. The van der Waals surface area contributed by atoms with E-state index < -0.39 is 0 Å². The molecule has 0 spiro atoms. The highest BCUT2D eigenvalue weighted by molar-refractivity contribution is 6.29. The van der Waals surface area contributed by atoms with Gasteiger partial charge in [0, 0.05) is 24.8 Å². The molecule has 1 aromatic heterocycles. The third-order valence-corrected chi connectivity index (χ3v) is 5.07. The van der Waals surface area contributed by atoms with Crippen LogP contribution in [0.5, 0.6) is 5.75 Å². The zero-order chi connectivity index (χ0) is 19.0. The van der Waals surface area contributed by atoms with Crippen molar-refractivity contribution < 1.29 is 19.1 Å². The largest absolute Gasteiger partial charge is 0.497 e. The molecule has 0 N–H and O–H groups in total. The van der Waals surface area contributed by atoms with Crippen molar-refractivity contribution in [2.75, 3.05) is 25.2 Å². The highest BCUT2D eigenvalue weighted by atomic mass is 35.5. The van der Waals surface area contributed by atoms with Gasteiger partial charge in [0.1, 0.15) is 17.5 Å². The zero-order valence-electron chi connectivity index (χ0n) is 14.7. The summed E-state index contributed by atoms with van der Waals surface area (Å²) in [6, 6.07) is 8.59. The van der Waals surface area contributed by atoms with E-state index in [4.69, 9.17) is 21.1 Å². The molecule has 1 fully saturated rings. The monoisotopic (exact) mass is 387 g/mol. The molecule has 8 heteroatoms. The Kier molecular flexibility index (Phi) is 4.61. The van der Waals surface area contributed by atoms with Crippen LogP contribution < -0.4 is 9.64 Å². The van der Waals surface area contributed by atoms with E-state index in [1.54, 1.807) is 35.1 Å². The summed E-state index contributed by atoms with van der Waals surface area (Å²) in [4.78, 5) is 32.6.